The number of amides is 1. The van der Waals surface area contributed by atoms with Crippen LogP contribution in [-0.2, 0) is 24.2 Å². The fourth-order valence-electron chi connectivity index (χ4n) is 3.13. The summed E-state index contributed by atoms with van der Waals surface area (Å²) in [7, 11) is 3.15. The van der Waals surface area contributed by atoms with Crippen LogP contribution in [0.4, 0.5) is 0 Å². The van der Waals surface area contributed by atoms with E-state index in [2.05, 4.69) is 10.4 Å². The lowest BCUT2D eigenvalue weighted by molar-refractivity contribution is -0.124. The number of benzene rings is 1. The molecule has 0 aliphatic heterocycles. The van der Waals surface area contributed by atoms with Crippen LogP contribution in [-0.4, -0.2) is 29.9 Å². The Labute approximate surface area is 151 Å². The van der Waals surface area contributed by atoms with Gasteiger partial charge in [-0.25, -0.2) is 4.68 Å². The van der Waals surface area contributed by atoms with Gasteiger partial charge in [-0.15, -0.1) is 0 Å². The Morgan fingerprint density at radius 1 is 1.27 bits per heavy atom. The largest absolute Gasteiger partial charge is 0.497 e. The van der Waals surface area contributed by atoms with Gasteiger partial charge in [0.05, 0.1) is 19.9 Å². The van der Waals surface area contributed by atoms with Crippen molar-refractivity contribution in [3.63, 3.8) is 0 Å². The smallest absolute Gasteiger partial charge is 0.267 e. The number of aryl methyl sites for hydroxylation is 2. The third-order valence-electron chi connectivity index (χ3n) is 4.68. The summed E-state index contributed by atoms with van der Waals surface area (Å²) >= 11 is 0. The Morgan fingerprint density at radius 2 is 2.08 bits per heavy atom. The Bertz CT molecular complexity index is 876. The van der Waals surface area contributed by atoms with Gasteiger partial charge in [-0.1, -0.05) is 0 Å². The summed E-state index contributed by atoms with van der Waals surface area (Å²) in [6, 6.07) is 6.32. The van der Waals surface area contributed by atoms with E-state index in [1.165, 1.54) is 4.68 Å². The Kier molecular flexibility index (Phi) is 5.25. The summed E-state index contributed by atoms with van der Waals surface area (Å²) in [6.07, 6.45) is 2.74. The SMILES string of the molecule is COc1ccc(CNC(=O)C(C)n2nc3c(cc2=O)CCC3)c(OC)c1. The Balaban J connectivity index is 1.72. The molecule has 1 aliphatic carbocycles. The number of fused-ring (bicyclic) bond motifs is 1. The van der Waals surface area contributed by atoms with Crippen LogP contribution < -0.4 is 20.3 Å². The summed E-state index contributed by atoms with van der Waals surface area (Å²) in [5.41, 5.74) is 2.50. The van der Waals surface area contributed by atoms with Gasteiger partial charge >= 0.3 is 0 Å². The highest BCUT2D eigenvalue weighted by Crippen LogP contribution is 2.24. The van der Waals surface area contributed by atoms with Crippen LogP contribution >= 0.6 is 0 Å². The molecule has 0 saturated carbocycles. The molecule has 7 nitrogen and oxygen atoms in total. The van der Waals surface area contributed by atoms with Crippen LogP contribution in [0.25, 0.3) is 0 Å². The number of nitrogens with one attached hydrogen (secondary N) is 1. The average molecular weight is 357 g/mol. The minimum absolute atomic E-state index is 0.240. The normalized spacial score (nSPS) is 13.8. The van der Waals surface area contributed by atoms with Gasteiger partial charge in [0.2, 0.25) is 5.91 Å². The minimum Gasteiger partial charge on any atom is -0.497 e. The highest BCUT2D eigenvalue weighted by Gasteiger charge is 2.21. The zero-order valence-electron chi connectivity index (χ0n) is 15.2. The molecule has 1 aromatic heterocycles. The monoisotopic (exact) mass is 357 g/mol. The molecule has 1 heterocycles. The molecule has 0 bridgehead atoms. The zero-order valence-corrected chi connectivity index (χ0v) is 15.2. The van der Waals surface area contributed by atoms with Crippen molar-refractivity contribution < 1.29 is 14.3 Å². The summed E-state index contributed by atoms with van der Waals surface area (Å²) in [6.45, 7) is 1.96. The highest BCUT2D eigenvalue weighted by atomic mass is 16.5. The molecule has 1 atom stereocenters. The van der Waals surface area contributed by atoms with Crippen LogP contribution in [0.15, 0.2) is 29.1 Å². The lowest BCUT2D eigenvalue weighted by atomic mass is 10.2. The standard InChI is InChI=1S/C19H23N3O4/c1-12(22-18(23)9-13-5-4-6-16(13)21-22)19(24)20-11-14-7-8-15(25-2)10-17(14)26-3/h7-10,12H,4-6,11H2,1-3H3,(H,20,24). The molecule has 2 aromatic rings. The minimum atomic E-state index is -0.683. The quantitative estimate of drug-likeness (QED) is 0.850. The maximum absolute atomic E-state index is 12.5. The number of rotatable bonds is 6. The van der Waals surface area contributed by atoms with Crippen molar-refractivity contribution in [2.24, 2.45) is 0 Å². The van der Waals surface area contributed by atoms with Crippen molar-refractivity contribution in [3.8, 4) is 11.5 Å². The Morgan fingerprint density at radius 3 is 2.81 bits per heavy atom. The second kappa shape index (κ2) is 7.59. The van der Waals surface area contributed by atoms with Gasteiger partial charge < -0.3 is 14.8 Å². The summed E-state index contributed by atoms with van der Waals surface area (Å²) in [4.78, 5) is 24.8. The molecule has 3 rings (SSSR count). The van der Waals surface area contributed by atoms with Gasteiger partial charge in [0.15, 0.2) is 0 Å². The first-order valence-electron chi connectivity index (χ1n) is 8.63. The second-order valence-electron chi connectivity index (χ2n) is 6.32. The number of hydrogen-bond acceptors (Lipinski definition) is 5. The molecule has 1 N–H and O–H groups in total. The lowest BCUT2D eigenvalue weighted by Crippen LogP contribution is -2.37. The molecule has 0 saturated heterocycles. The van der Waals surface area contributed by atoms with Gasteiger partial charge in [-0.05, 0) is 43.9 Å². The first-order chi connectivity index (χ1) is 12.5. The van der Waals surface area contributed by atoms with Gasteiger partial charge in [0, 0.05) is 24.2 Å². The topological polar surface area (TPSA) is 82.5 Å². The number of aromatic nitrogens is 2. The van der Waals surface area contributed by atoms with Gasteiger partial charge in [-0.2, -0.15) is 5.10 Å². The molecule has 1 aliphatic rings. The first kappa shape index (κ1) is 18.0. The molecule has 0 radical (unpaired) electrons. The van der Waals surface area contributed by atoms with E-state index in [4.69, 9.17) is 9.47 Å². The van der Waals surface area contributed by atoms with Crippen LogP contribution in [0.1, 0.15) is 36.2 Å². The number of carbonyl (C=O) groups is 1. The van der Waals surface area contributed by atoms with Crippen LogP contribution in [0.2, 0.25) is 0 Å². The zero-order chi connectivity index (χ0) is 18.7. The van der Waals surface area contributed by atoms with Crippen molar-refractivity contribution in [1.29, 1.82) is 0 Å². The van der Waals surface area contributed by atoms with E-state index < -0.39 is 6.04 Å². The molecular weight excluding hydrogens is 334 g/mol. The number of hydrogen-bond donors (Lipinski definition) is 1. The van der Waals surface area contributed by atoms with Crippen molar-refractivity contribution in [3.05, 3.63) is 51.4 Å². The third-order valence-corrected chi connectivity index (χ3v) is 4.68. The van der Waals surface area contributed by atoms with E-state index in [1.54, 1.807) is 39.3 Å². The molecule has 1 aromatic carbocycles. The Hall–Kier alpha value is -2.83. The van der Waals surface area contributed by atoms with E-state index in [0.717, 1.165) is 36.1 Å². The summed E-state index contributed by atoms with van der Waals surface area (Å²) in [5.74, 6) is 1.04. The predicted molar refractivity (Wildman–Crippen MR) is 96.6 cm³/mol. The number of ether oxygens (including phenoxy) is 2. The molecular formula is C19H23N3O4. The fourth-order valence-corrected chi connectivity index (χ4v) is 3.13. The highest BCUT2D eigenvalue weighted by molar-refractivity contribution is 5.79. The van der Waals surface area contributed by atoms with E-state index in [-0.39, 0.29) is 18.0 Å². The van der Waals surface area contributed by atoms with Crippen molar-refractivity contribution >= 4 is 5.91 Å². The third kappa shape index (κ3) is 3.56. The van der Waals surface area contributed by atoms with E-state index >= 15 is 0 Å². The fraction of sp³-hybridized carbons (Fsp3) is 0.421. The van der Waals surface area contributed by atoms with Crippen molar-refractivity contribution in [2.45, 2.75) is 38.8 Å². The molecule has 1 unspecified atom stereocenters. The van der Waals surface area contributed by atoms with Gasteiger partial charge in [0.1, 0.15) is 17.5 Å². The molecule has 0 fully saturated rings. The van der Waals surface area contributed by atoms with E-state index in [1.807, 2.05) is 6.07 Å². The van der Waals surface area contributed by atoms with Crippen molar-refractivity contribution in [1.82, 2.24) is 15.1 Å². The van der Waals surface area contributed by atoms with Crippen molar-refractivity contribution in [2.75, 3.05) is 14.2 Å². The predicted octanol–water partition coefficient (Wildman–Crippen LogP) is 1.63. The summed E-state index contributed by atoms with van der Waals surface area (Å²) < 4.78 is 11.8. The molecule has 26 heavy (non-hydrogen) atoms. The van der Waals surface area contributed by atoms with Crippen LogP contribution in [0.3, 0.4) is 0 Å². The maximum atomic E-state index is 12.5. The van der Waals surface area contributed by atoms with Gasteiger partial charge in [0.25, 0.3) is 5.56 Å². The van der Waals surface area contributed by atoms with Gasteiger partial charge in [-0.3, -0.25) is 9.59 Å². The first-order valence-corrected chi connectivity index (χ1v) is 8.63. The molecule has 7 heteroatoms. The molecule has 138 valence electrons. The maximum Gasteiger partial charge on any atom is 0.267 e. The van der Waals surface area contributed by atoms with Crippen LogP contribution in [0, 0.1) is 0 Å². The molecule has 0 spiro atoms. The number of nitrogens with zero attached hydrogens (tertiary/aromatic N) is 2. The second-order valence-corrected chi connectivity index (χ2v) is 6.32. The van der Waals surface area contributed by atoms with Crippen LogP contribution in [0.5, 0.6) is 11.5 Å². The average Bonchev–Trinajstić information content (AvgIpc) is 3.11. The van der Waals surface area contributed by atoms with E-state index in [0.29, 0.717) is 11.5 Å². The van der Waals surface area contributed by atoms with E-state index in [9.17, 15) is 9.59 Å². The number of carbonyl (C=O) groups excluding carboxylic acids is 1. The summed E-state index contributed by atoms with van der Waals surface area (Å²) in [5, 5.41) is 7.23. The lowest BCUT2D eigenvalue weighted by Gasteiger charge is -2.16. The number of methoxy groups -OCH3 is 2. The molecule has 1 amide bonds.